The number of nitrogens with one attached hydrogen (secondary N) is 1. The summed E-state index contributed by atoms with van der Waals surface area (Å²) < 4.78 is 4.86. The molecule has 3 N–H and O–H groups in total. The van der Waals surface area contributed by atoms with E-state index in [1.54, 1.807) is 0 Å². The molecule has 0 saturated carbocycles. The van der Waals surface area contributed by atoms with Crippen LogP contribution in [0, 0.1) is 11.3 Å². The Kier molecular flexibility index (Phi) is 3.64. The quantitative estimate of drug-likeness (QED) is 0.294. The molecule has 0 radical (unpaired) electrons. The maximum absolute atomic E-state index is 12.5. The second-order valence-electron chi connectivity index (χ2n) is 4.97. The summed E-state index contributed by atoms with van der Waals surface area (Å²) in [6.07, 6.45) is 1.30. The average Bonchev–Trinajstić information content (AvgIpc) is 2.94. The number of carbonyl (C=O) groups is 1. The van der Waals surface area contributed by atoms with Crippen LogP contribution in [-0.2, 0) is 0 Å². The number of fused-ring (bicyclic) bond motifs is 1. The number of H-pyrrole nitrogens is 1. The summed E-state index contributed by atoms with van der Waals surface area (Å²) in [5.41, 5.74) is 1.08. The number of hydrogen-bond acceptors (Lipinski definition) is 6. The van der Waals surface area contributed by atoms with E-state index in [0.717, 1.165) is 0 Å². The fraction of sp³-hybridized carbons (Fsp3) is 0. The number of carbonyl (C=O) groups excluding carboxylic acids is 1. The summed E-state index contributed by atoms with van der Waals surface area (Å²) in [6, 6.07) is 10.1. The highest BCUT2D eigenvalue weighted by atomic mass is 16.4. The van der Waals surface area contributed by atoms with Crippen LogP contribution in [0.2, 0.25) is 0 Å². The molecular weight excluding hydrogens is 312 g/mol. The van der Waals surface area contributed by atoms with Gasteiger partial charge in [0.1, 0.15) is 11.6 Å². The van der Waals surface area contributed by atoms with Crippen molar-refractivity contribution in [2.24, 2.45) is 0 Å². The number of aromatic amines is 1. The van der Waals surface area contributed by atoms with Crippen LogP contribution in [0.1, 0.15) is 15.9 Å². The highest BCUT2D eigenvalue weighted by molar-refractivity contribution is 6.14. The van der Waals surface area contributed by atoms with Crippen molar-refractivity contribution < 1.29 is 19.4 Å². The van der Waals surface area contributed by atoms with E-state index in [9.17, 15) is 25.1 Å². The molecule has 2 aromatic carbocycles. The third-order valence-electron chi connectivity index (χ3n) is 3.36. The fourth-order valence-electron chi connectivity index (χ4n) is 2.19. The summed E-state index contributed by atoms with van der Waals surface area (Å²) >= 11 is 0. The van der Waals surface area contributed by atoms with Gasteiger partial charge in [-0.25, -0.2) is 4.79 Å². The number of nitrogens with zero attached hydrogens (tertiary/aromatic N) is 1. The molecule has 0 atom stereocenters. The molecule has 0 unspecified atom stereocenters. The van der Waals surface area contributed by atoms with Crippen LogP contribution in [0.5, 0.6) is 11.5 Å². The number of phenolic OH excluding ortho intramolecular Hbond substituents is 2. The number of ketones is 1. The molecule has 3 rings (SSSR count). The van der Waals surface area contributed by atoms with Crippen molar-refractivity contribution in [2.75, 3.05) is 0 Å². The van der Waals surface area contributed by atoms with Crippen molar-refractivity contribution in [1.29, 1.82) is 5.26 Å². The highest BCUT2D eigenvalue weighted by Crippen LogP contribution is 2.26. The Balaban J connectivity index is 2.00. The van der Waals surface area contributed by atoms with Gasteiger partial charge in [0.05, 0.1) is 5.52 Å². The smallest absolute Gasteiger partial charge is 0.417 e. The number of oxazole rings is 1. The van der Waals surface area contributed by atoms with Crippen molar-refractivity contribution in [3.8, 4) is 17.6 Å². The molecule has 0 spiro atoms. The zero-order valence-corrected chi connectivity index (χ0v) is 12.1. The third kappa shape index (κ3) is 2.76. The van der Waals surface area contributed by atoms with Crippen molar-refractivity contribution in [3.63, 3.8) is 0 Å². The first-order valence-electron chi connectivity index (χ1n) is 6.79. The first-order valence-corrected chi connectivity index (χ1v) is 6.79. The van der Waals surface area contributed by atoms with Crippen molar-refractivity contribution >= 4 is 23.0 Å². The molecule has 1 heterocycles. The molecule has 3 aromatic rings. The summed E-state index contributed by atoms with van der Waals surface area (Å²) in [4.78, 5) is 26.0. The summed E-state index contributed by atoms with van der Waals surface area (Å²) in [5, 5.41) is 28.0. The zero-order chi connectivity index (χ0) is 17.3. The minimum Gasteiger partial charge on any atom is -0.504 e. The lowest BCUT2D eigenvalue weighted by Gasteiger charge is -2.02. The van der Waals surface area contributed by atoms with Gasteiger partial charge >= 0.3 is 5.76 Å². The normalized spacial score (nSPS) is 11.4. The van der Waals surface area contributed by atoms with Gasteiger partial charge in [0.25, 0.3) is 0 Å². The van der Waals surface area contributed by atoms with Crippen molar-refractivity contribution in [1.82, 2.24) is 4.98 Å². The lowest BCUT2D eigenvalue weighted by molar-refractivity contribution is 0.104. The Labute approximate surface area is 134 Å². The van der Waals surface area contributed by atoms with Gasteiger partial charge in [-0.05, 0) is 42.0 Å². The number of allylic oxidation sites excluding steroid dienone is 1. The lowest BCUT2D eigenvalue weighted by atomic mass is 10.0. The van der Waals surface area contributed by atoms with Crippen LogP contribution in [-0.4, -0.2) is 21.0 Å². The minimum atomic E-state index is -0.634. The lowest BCUT2D eigenvalue weighted by Crippen LogP contribution is -2.02. The van der Waals surface area contributed by atoms with Crippen LogP contribution in [0.25, 0.3) is 17.2 Å². The predicted molar refractivity (Wildman–Crippen MR) is 84.5 cm³/mol. The summed E-state index contributed by atoms with van der Waals surface area (Å²) in [7, 11) is 0. The fourth-order valence-corrected chi connectivity index (χ4v) is 2.19. The number of aromatic nitrogens is 1. The first kappa shape index (κ1) is 15.1. The van der Waals surface area contributed by atoms with E-state index in [-0.39, 0.29) is 22.6 Å². The SMILES string of the molecule is N#C/C(=C\c1ccc(O)c(O)c1)C(=O)c1ccc2oc(=O)[nH]c2c1. The molecule has 1 aromatic heterocycles. The molecule has 0 saturated heterocycles. The molecule has 0 fully saturated rings. The van der Waals surface area contributed by atoms with Gasteiger partial charge in [-0.1, -0.05) is 6.07 Å². The Morgan fingerprint density at radius 1 is 1.17 bits per heavy atom. The number of nitriles is 1. The Hall–Kier alpha value is -3.79. The zero-order valence-electron chi connectivity index (χ0n) is 12.1. The molecule has 24 heavy (non-hydrogen) atoms. The average molecular weight is 322 g/mol. The van der Waals surface area contributed by atoms with E-state index >= 15 is 0 Å². The molecule has 118 valence electrons. The van der Waals surface area contributed by atoms with Crippen LogP contribution < -0.4 is 5.76 Å². The van der Waals surface area contributed by atoms with Gasteiger partial charge in [0.2, 0.25) is 5.78 Å². The van der Waals surface area contributed by atoms with E-state index in [0.29, 0.717) is 16.7 Å². The molecule has 0 aliphatic carbocycles. The van der Waals surface area contributed by atoms with Crippen LogP contribution in [0.4, 0.5) is 0 Å². The number of Topliss-reactive ketones (excluding diaryl/α,β-unsaturated/α-hetero) is 1. The Bertz CT molecular complexity index is 1080. The van der Waals surface area contributed by atoms with E-state index in [4.69, 9.17) is 4.42 Å². The Morgan fingerprint density at radius 3 is 2.67 bits per heavy atom. The van der Waals surface area contributed by atoms with Crippen molar-refractivity contribution in [2.45, 2.75) is 0 Å². The van der Waals surface area contributed by atoms with E-state index in [1.807, 2.05) is 6.07 Å². The van der Waals surface area contributed by atoms with Crippen LogP contribution >= 0.6 is 0 Å². The molecule has 7 nitrogen and oxygen atoms in total. The molecule has 0 aliphatic heterocycles. The standard InChI is InChI=1S/C17H10N2O5/c18-8-11(5-9-1-3-13(20)14(21)6-9)16(22)10-2-4-15-12(7-10)19-17(23)24-15/h1-7,20-21H,(H,19,23)/b11-5+. The maximum Gasteiger partial charge on any atom is 0.417 e. The second-order valence-corrected chi connectivity index (χ2v) is 4.97. The van der Waals surface area contributed by atoms with Gasteiger partial charge < -0.3 is 14.6 Å². The minimum absolute atomic E-state index is 0.162. The first-order chi connectivity index (χ1) is 11.5. The summed E-state index contributed by atoms with van der Waals surface area (Å²) in [5.74, 6) is -1.84. The van der Waals surface area contributed by atoms with Gasteiger partial charge in [-0.3, -0.25) is 9.78 Å². The van der Waals surface area contributed by atoms with E-state index < -0.39 is 11.5 Å². The number of rotatable bonds is 3. The maximum atomic E-state index is 12.5. The van der Waals surface area contributed by atoms with Crippen molar-refractivity contribution in [3.05, 3.63) is 63.6 Å². The van der Waals surface area contributed by atoms with E-state index in [2.05, 4.69) is 4.98 Å². The monoisotopic (exact) mass is 322 g/mol. The number of aromatic hydroxyl groups is 2. The number of hydrogen-bond donors (Lipinski definition) is 3. The summed E-state index contributed by atoms with van der Waals surface area (Å²) in [6.45, 7) is 0. The number of benzene rings is 2. The van der Waals surface area contributed by atoms with Gasteiger partial charge in [-0.2, -0.15) is 5.26 Å². The topological polar surface area (TPSA) is 127 Å². The largest absolute Gasteiger partial charge is 0.504 e. The molecular formula is C17H10N2O5. The Morgan fingerprint density at radius 2 is 1.96 bits per heavy atom. The highest BCUT2D eigenvalue weighted by Gasteiger charge is 2.14. The molecule has 0 aliphatic rings. The second kappa shape index (κ2) is 5.78. The van der Waals surface area contributed by atoms with Crippen LogP contribution in [0.15, 0.2) is 51.2 Å². The molecule has 0 bridgehead atoms. The van der Waals surface area contributed by atoms with Gasteiger partial charge in [0, 0.05) is 5.56 Å². The third-order valence-corrected chi connectivity index (χ3v) is 3.36. The molecule has 0 amide bonds. The van der Waals surface area contributed by atoms with Gasteiger partial charge in [-0.15, -0.1) is 0 Å². The van der Waals surface area contributed by atoms with Gasteiger partial charge in [0.15, 0.2) is 17.1 Å². The van der Waals surface area contributed by atoms with E-state index in [1.165, 1.54) is 42.5 Å². The number of phenols is 2. The molecule has 7 heteroatoms. The predicted octanol–water partition coefficient (Wildman–Crippen LogP) is 2.32. The van der Waals surface area contributed by atoms with Crippen LogP contribution in [0.3, 0.4) is 0 Å².